The van der Waals surface area contributed by atoms with E-state index in [1.165, 1.54) is 32.1 Å². The van der Waals surface area contributed by atoms with Crippen LogP contribution >= 0.6 is 0 Å². The van der Waals surface area contributed by atoms with E-state index in [0.717, 1.165) is 18.4 Å². The summed E-state index contributed by atoms with van der Waals surface area (Å²) in [5.41, 5.74) is 0. The number of ether oxygens (including phenoxy) is 1. The third kappa shape index (κ3) is 6.39. The molecule has 1 fully saturated rings. The lowest BCUT2D eigenvalue weighted by Gasteiger charge is -2.30. The molecule has 0 aromatic rings. The third-order valence-corrected chi connectivity index (χ3v) is 3.66. The van der Waals surface area contributed by atoms with Crippen molar-refractivity contribution in [3.8, 4) is 0 Å². The lowest BCUT2D eigenvalue weighted by atomic mass is 9.81. The van der Waals surface area contributed by atoms with E-state index in [1.54, 1.807) is 0 Å². The third-order valence-electron chi connectivity index (χ3n) is 3.66. The summed E-state index contributed by atoms with van der Waals surface area (Å²) in [4.78, 5) is 11.2. The number of esters is 1. The van der Waals surface area contributed by atoms with Gasteiger partial charge in [-0.05, 0) is 38.0 Å². The maximum absolute atomic E-state index is 11.2. The maximum Gasteiger partial charge on any atom is 0.307 e. The summed E-state index contributed by atoms with van der Waals surface area (Å²) in [6.07, 6.45) is 7.09. The van der Waals surface area contributed by atoms with Crippen LogP contribution in [-0.4, -0.2) is 25.2 Å². The lowest BCUT2D eigenvalue weighted by Crippen LogP contribution is -2.35. The number of carbonyl (C=O) groups is 1. The molecule has 18 heavy (non-hydrogen) atoms. The largest absolute Gasteiger partial charge is 0.466 e. The molecule has 0 bridgehead atoms. The van der Waals surface area contributed by atoms with Gasteiger partial charge in [0.05, 0.1) is 13.0 Å². The van der Waals surface area contributed by atoms with E-state index in [2.05, 4.69) is 19.2 Å². The van der Waals surface area contributed by atoms with Crippen LogP contribution in [0.4, 0.5) is 0 Å². The van der Waals surface area contributed by atoms with Gasteiger partial charge in [-0.1, -0.05) is 26.7 Å². The molecule has 1 saturated carbocycles. The summed E-state index contributed by atoms with van der Waals surface area (Å²) >= 11 is 0. The van der Waals surface area contributed by atoms with Gasteiger partial charge in [0.1, 0.15) is 0 Å². The molecule has 0 aromatic heterocycles. The molecule has 2 unspecified atom stereocenters. The first-order chi connectivity index (χ1) is 8.61. The fraction of sp³-hybridized carbons (Fsp3) is 0.933. The zero-order valence-electron chi connectivity index (χ0n) is 12.2. The molecule has 1 aliphatic rings. The van der Waals surface area contributed by atoms with Gasteiger partial charge in [0.25, 0.3) is 0 Å². The highest BCUT2D eigenvalue weighted by molar-refractivity contribution is 5.69. The molecule has 0 saturated heterocycles. The van der Waals surface area contributed by atoms with Crippen LogP contribution in [0.25, 0.3) is 0 Å². The van der Waals surface area contributed by atoms with E-state index < -0.39 is 0 Å². The highest BCUT2D eigenvalue weighted by atomic mass is 16.5. The lowest BCUT2D eigenvalue weighted by molar-refractivity contribution is -0.143. The van der Waals surface area contributed by atoms with Crippen LogP contribution in [0.2, 0.25) is 0 Å². The minimum Gasteiger partial charge on any atom is -0.466 e. The minimum absolute atomic E-state index is 0.0838. The number of rotatable bonds is 7. The fourth-order valence-corrected chi connectivity index (χ4v) is 2.97. The molecule has 1 aliphatic carbocycles. The summed E-state index contributed by atoms with van der Waals surface area (Å²) in [6, 6.07) is 0.608. The van der Waals surface area contributed by atoms with Crippen LogP contribution in [0.15, 0.2) is 0 Å². The van der Waals surface area contributed by atoms with Crippen LogP contribution in [0.1, 0.15) is 59.3 Å². The Hall–Kier alpha value is -0.570. The average molecular weight is 255 g/mol. The van der Waals surface area contributed by atoms with Crippen molar-refractivity contribution in [1.29, 1.82) is 0 Å². The van der Waals surface area contributed by atoms with Gasteiger partial charge < -0.3 is 10.1 Å². The molecule has 0 heterocycles. The van der Waals surface area contributed by atoms with Gasteiger partial charge in [0, 0.05) is 12.6 Å². The molecule has 0 amide bonds. The van der Waals surface area contributed by atoms with Gasteiger partial charge in [0.15, 0.2) is 0 Å². The summed E-state index contributed by atoms with van der Waals surface area (Å²) in [6.45, 7) is 7.70. The van der Waals surface area contributed by atoms with Gasteiger partial charge >= 0.3 is 5.97 Å². The Labute approximate surface area is 112 Å². The van der Waals surface area contributed by atoms with Crippen LogP contribution < -0.4 is 5.32 Å². The Morgan fingerprint density at radius 1 is 1.39 bits per heavy atom. The smallest absolute Gasteiger partial charge is 0.307 e. The number of hydrogen-bond donors (Lipinski definition) is 1. The van der Waals surface area contributed by atoms with Crippen molar-refractivity contribution in [3.05, 3.63) is 0 Å². The van der Waals surface area contributed by atoms with Crippen molar-refractivity contribution in [3.63, 3.8) is 0 Å². The molecule has 3 nitrogen and oxygen atoms in total. The van der Waals surface area contributed by atoms with Crippen molar-refractivity contribution in [1.82, 2.24) is 5.32 Å². The number of hydrogen-bond acceptors (Lipinski definition) is 3. The van der Waals surface area contributed by atoms with Gasteiger partial charge in [-0.15, -0.1) is 0 Å². The Balaban J connectivity index is 2.16. The Morgan fingerprint density at radius 3 is 2.83 bits per heavy atom. The zero-order valence-corrected chi connectivity index (χ0v) is 12.2. The van der Waals surface area contributed by atoms with Crippen LogP contribution in [0, 0.1) is 11.8 Å². The molecule has 3 heteroatoms. The van der Waals surface area contributed by atoms with E-state index in [9.17, 15) is 4.79 Å². The Kier molecular flexibility index (Phi) is 7.33. The van der Waals surface area contributed by atoms with E-state index >= 15 is 0 Å². The molecule has 1 N–H and O–H groups in total. The summed E-state index contributed by atoms with van der Waals surface area (Å²) in [5.74, 6) is 1.59. The normalized spacial score (nSPS) is 24.2. The van der Waals surface area contributed by atoms with E-state index in [-0.39, 0.29) is 5.97 Å². The Bertz CT molecular complexity index is 241. The summed E-state index contributed by atoms with van der Waals surface area (Å²) in [7, 11) is 0. The van der Waals surface area contributed by atoms with E-state index in [1.807, 2.05) is 6.92 Å². The van der Waals surface area contributed by atoms with Crippen molar-refractivity contribution in [2.45, 2.75) is 65.3 Å². The van der Waals surface area contributed by atoms with Crippen molar-refractivity contribution in [2.24, 2.45) is 11.8 Å². The molecule has 0 spiro atoms. The quantitative estimate of drug-likeness (QED) is 0.710. The SMILES string of the molecule is CCOC(=O)CCNC1CCCC(CC(C)C)C1. The van der Waals surface area contributed by atoms with Crippen LogP contribution in [-0.2, 0) is 9.53 Å². The highest BCUT2D eigenvalue weighted by Crippen LogP contribution is 2.29. The zero-order chi connectivity index (χ0) is 13.4. The second kappa shape index (κ2) is 8.52. The standard InChI is InChI=1S/C15H29NO2/c1-4-18-15(17)8-9-16-14-7-5-6-13(11-14)10-12(2)3/h12-14,16H,4-11H2,1-3H3. The predicted octanol–water partition coefficient (Wildman–Crippen LogP) is 3.13. The first kappa shape index (κ1) is 15.5. The van der Waals surface area contributed by atoms with Gasteiger partial charge in [-0.2, -0.15) is 0 Å². The van der Waals surface area contributed by atoms with Gasteiger partial charge in [-0.3, -0.25) is 4.79 Å². The highest BCUT2D eigenvalue weighted by Gasteiger charge is 2.22. The molecule has 106 valence electrons. The number of carbonyl (C=O) groups excluding carboxylic acids is 1. The van der Waals surface area contributed by atoms with E-state index in [0.29, 0.717) is 19.1 Å². The number of nitrogens with one attached hydrogen (secondary N) is 1. The van der Waals surface area contributed by atoms with E-state index in [4.69, 9.17) is 4.74 Å². The average Bonchev–Trinajstić information content (AvgIpc) is 2.29. The molecule has 2 atom stereocenters. The minimum atomic E-state index is -0.0838. The van der Waals surface area contributed by atoms with Crippen molar-refractivity contribution >= 4 is 5.97 Å². The Morgan fingerprint density at radius 2 is 2.17 bits per heavy atom. The van der Waals surface area contributed by atoms with Gasteiger partial charge in [-0.25, -0.2) is 0 Å². The second-order valence-electron chi connectivity index (χ2n) is 5.87. The van der Waals surface area contributed by atoms with Crippen LogP contribution in [0.3, 0.4) is 0 Å². The first-order valence-electron chi connectivity index (χ1n) is 7.50. The molecule has 0 radical (unpaired) electrons. The van der Waals surface area contributed by atoms with Crippen molar-refractivity contribution < 1.29 is 9.53 Å². The molecular formula is C15H29NO2. The first-order valence-corrected chi connectivity index (χ1v) is 7.50. The monoisotopic (exact) mass is 255 g/mol. The maximum atomic E-state index is 11.2. The predicted molar refractivity (Wildman–Crippen MR) is 74.5 cm³/mol. The molecule has 0 aliphatic heterocycles. The molecular weight excluding hydrogens is 226 g/mol. The fourth-order valence-electron chi connectivity index (χ4n) is 2.97. The van der Waals surface area contributed by atoms with Crippen molar-refractivity contribution in [2.75, 3.05) is 13.2 Å². The second-order valence-corrected chi connectivity index (χ2v) is 5.87. The summed E-state index contributed by atoms with van der Waals surface area (Å²) in [5, 5.41) is 3.51. The topological polar surface area (TPSA) is 38.3 Å². The summed E-state index contributed by atoms with van der Waals surface area (Å²) < 4.78 is 4.93. The van der Waals surface area contributed by atoms with Crippen LogP contribution in [0.5, 0.6) is 0 Å². The molecule has 0 aromatic carbocycles. The van der Waals surface area contributed by atoms with Gasteiger partial charge in [0.2, 0.25) is 0 Å². The molecule has 1 rings (SSSR count).